The van der Waals surface area contributed by atoms with Crippen molar-refractivity contribution >= 4 is 27.7 Å². The number of aromatic nitrogens is 2. The Labute approximate surface area is 90.3 Å². The van der Waals surface area contributed by atoms with Crippen LogP contribution in [-0.2, 0) is 4.79 Å². The quantitative estimate of drug-likeness (QED) is 0.881. The normalized spacial score (nSPS) is 15.3. The van der Waals surface area contributed by atoms with Crippen molar-refractivity contribution in [2.45, 2.75) is 25.7 Å². The van der Waals surface area contributed by atoms with Gasteiger partial charge >= 0.3 is 0 Å². The fourth-order valence-corrected chi connectivity index (χ4v) is 1.76. The van der Waals surface area contributed by atoms with Gasteiger partial charge in [0.1, 0.15) is 4.60 Å². The van der Waals surface area contributed by atoms with E-state index in [0.717, 1.165) is 23.1 Å². The van der Waals surface area contributed by atoms with Gasteiger partial charge in [-0.1, -0.05) is 0 Å². The number of nitrogens with one attached hydrogen (secondary N) is 1. The first-order chi connectivity index (χ1) is 6.66. The van der Waals surface area contributed by atoms with Crippen LogP contribution in [0, 0.1) is 0 Å². The van der Waals surface area contributed by atoms with Gasteiger partial charge < -0.3 is 5.32 Å². The summed E-state index contributed by atoms with van der Waals surface area (Å²) in [6.45, 7) is 1.46. The Kier molecular flexibility index (Phi) is 2.50. The van der Waals surface area contributed by atoms with Crippen LogP contribution in [0.3, 0.4) is 0 Å². The number of hydrogen-bond acceptors (Lipinski definition) is 3. The zero-order valence-corrected chi connectivity index (χ0v) is 9.34. The molecule has 1 aromatic heterocycles. The van der Waals surface area contributed by atoms with Crippen LogP contribution in [0.4, 0.5) is 5.82 Å². The van der Waals surface area contributed by atoms with E-state index in [1.807, 2.05) is 0 Å². The topological polar surface area (TPSA) is 54.9 Å². The van der Waals surface area contributed by atoms with Crippen LogP contribution in [0.15, 0.2) is 10.8 Å². The predicted molar refractivity (Wildman–Crippen MR) is 56.0 cm³/mol. The van der Waals surface area contributed by atoms with Crippen molar-refractivity contribution in [1.29, 1.82) is 0 Å². The molecule has 74 valence electrons. The molecular formula is C9H10BrN3O. The van der Waals surface area contributed by atoms with E-state index in [1.165, 1.54) is 6.92 Å². The minimum Gasteiger partial charge on any atom is -0.310 e. The summed E-state index contributed by atoms with van der Waals surface area (Å²) in [6.07, 6.45) is 3.88. The van der Waals surface area contributed by atoms with E-state index in [9.17, 15) is 4.79 Å². The first kappa shape index (κ1) is 9.58. The van der Waals surface area contributed by atoms with Crippen molar-refractivity contribution < 1.29 is 4.79 Å². The summed E-state index contributed by atoms with van der Waals surface area (Å²) in [5.41, 5.74) is 0.955. The molecule has 0 atom stereocenters. The van der Waals surface area contributed by atoms with E-state index in [1.54, 1.807) is 6.20 Å². The second kappa shape index (κ2) is 3.65. The van der Waals surface area contributed by atoms with Gasteiger partial charge in [-0.05, 0) is 28.8 Å². The SMILES string of the molecule is CC(=O)Nc1cnc(Br)c(C2CC2)n1. The first-order valence-corrected chi connectivity index (χ1v) is 5.26. The monoisotopic (exact) mass is 255 g/mol. The Bertz CT molecular complexity index is 376. The first-order valence-electron chi connectivity index (χ1n) is 4.47. The molecule has 5 heteroatoms. The van der Waals surface area contributed by atoms with Crippen LogP contribution in [0.5, 0.6) is 0 Å². The highest BCUT2D eigenvalue weighted by Crippen LogP contribution is 2.41. The fraction of sp³-hybridized carbons (Fsp3) is 0.444. The summed E-state index contributed by atoms with van der Waals surface area (Å²) in [7, 11) is 0. The number of carbonyl (C=O) groups excluding carboxylic acids is 1. The zero-order valence-electron chi connectivity index (χ0n) is 7.75. The average Bonchev–Trinajstić information content (AvgIpc) is 2.90. The molecule has 1 saturated carbocycles. The summed E-state index contributed by atoms with van der Waals surface area (Å²) < 4.78 is 0.786. The highest BCUT2D eigenvalue weighted by molar-refractivity contribution is 9.10. The average molecular weight is 256 g/mol. The molecule has 0 spiro atoms. The lowest BCUT2D eigenvalue weighted by Crippen LogP contribution is -2.09. The number of hydrogen-bond donors (Lipinski definition) is 1. The number of halogens is 1. The minimum atomic E-state index is -0.122. The molecule has 0 aromatic carbocycles. The molecule has 0 radical (unpaired) electrons. The molecule has 1 heterocycles. The maximum Gasteiger partial charge on any atom is 0.222 e. The van der Waals surface area contributed by atoms with E-state index >= 15 is 0 Å². The van der Waals surface area contributed by atoms with Crippen LogP contribution < -0.4 is 5.32 Å². The van der Waals surface area contributed by atoms with E-state index in [0.29, 0.717) is 11.7 Å². The molecule has 1 N–H and O–H groups in total. The zero-order chi connectivity index (χ0) is 10.1. The van der Waals surface area contributed by atoms with Gasteiger partial charge in [-0.25, -0.2) is 9.97 Å². The van der Waals surface area contributed by atoms with Crippen molar-refractivity contribution in [2.75, 3.05) is 5.32 Å². The molecule has 2 rings (SSSR count). The lowest BCUT2D eigenvalue weighted by Gasteiger charge is -2.04. The van der Waals surface area contributed by atoms with Crippen molar-refractivity contribution in [3.8, 4) is 0 Å². The van der Waals surface area contributed by atoms with Gasteiger partial charge in [0.05, 0.1) is 11.9 Å². The summed E-state index contributed by atoms with van der Waals surface area (Å²) in [6, 6.07) is 0. The molecule has 1 aliphatic carbocycles. The molecule has 0 aliphatic heterocycles. The van der Waals surface area contributed by atoms with Crippen molar-refractivity contribution in [1.82, 2.24) is 9.97 Å². The van der Waals surface area contributed by atoms with E-state index < -0.39 is 0 Å². The van der Waals surface area contributed by atoms with Crippen LogP contribution in [0.25, 0.3) is 0 Å². The van der Waals surface area contributed by atoms with E-state index in [-0.39, 0.29) is 5.91 Å². The molecular weight excluding hydrogens is 246 g/mol. The third-order valence-electron chi connectivity index (χ3n) is 2.02. The van der Waals surface area contributed by atoms with Gasteiger partial charge in [0.2, 0.25) is 5.91 Å². The van der Waals surface area contributed by atoms with Crippen molar-refractivity contribution in [2.24, 2.45) is 0 Å². The summed E-state index contributed by atoms with van der Waals surface area (Å²) in [5.74, 6) is 0.927. The van der Waals surface area contributed by atoms with Gasteiger partial charge in [0.15, 0.2) is 5.82 Å². The Balaban J connectivity index is 2.26. The number of rotatable bonds is 2. The Hall–Kier alpha value is -0.970. The highest BCUT2D eigenvalue weighted by Gasteiger charge is 2.28. The molecule has 1 aliphatic rings. The third-order valence-corrected chi connectivity index (χ3v) is 2.63. The smallest absolute Gasteiger partial charge is 0.222 e. The Morgan fingerprint density at radius 2 is 2.36 bits per heavy atom. The van der Waals surface area contributed by atoms with E-state index in [4.69, 9.17) is 0 Å². The molecule has 4 nitrogen and oxygen atoms in total. The van der Waals surface area contributed by atoms with Crippen LogP contribution in [0.2, 0.25) is 0 Å². The maximum atomic E-state index is 10.8. The second-order valence-corrected chi connectivity index (χ2v) is 4.14. The fourth-order valence-electron chi connectivity index (χ4n) is 1.25. The van der Waals surface area contributed by atoms with E-state index in [2.05, 4.69) is 31.2 Å². The van der Waals surface area contributed by atoms with Gasteiger partial charge in [0, 0.05) is 12.8 Å². The van der Waals surface area contributed by atoms with Crippen LogP contribution in [0.1, 0.15) is 31.4 Å². The summed E-state index contributed by atoms with van der Waals surface area (Å²) >= 11 is 3.35. The largest absolute Gasteiger partial charge is 0.310 e. The molecule has 0 bridgehead atoms. The lowest BCUT2D eigenvalue weighted by atomic mass is 10.3. The maximum absolute atomic E-state index is 10.8. The van der Waals surface area contributed by atoms with Crippen molar-refractivity contribution in [3.63, 3.8) is 0 Å². The summed E-state index contributed by atoms with van der Waals surface area (Å²) in [4.78, 5) is 19.3. The molecule has 14 heavy (non-hydrogen) atoms. The van der Waals surface area contributed by atoms with Crippen LogP contribution >= 0.6 is 15.9 Å². The van der Waals surface area contributed by atoms with Crippen LogP contribution in [-0.4, -0.2) is 15.9 Å². The number of amides is 1. The predicted octanol–water partition coefficient (Wildman–Crippen LogP) is 2.07. The van der Waals surface area contributed by atoms with Gasteiger partial charge in [-0.2, -0.15) is 0 Å². The molecule has 0 saturated heterocycles. The second-order valence-electron chi connectivity index (χ2n) is 3.39. The number of anilines is 1. The van der Waals surface area contributed by atoms with Gasteiger partial charge in [-0.3, -0.25) is 4.79 Å². The molecule has 0 unspecified atom stereocenters. The third kappa shape index (κ3) is 2.09. The molecule has 1 amide bonds. The highest BCUT2D eigenvalue weighted by atomic mass is 79.9. The Morgan fingerprint density at radius 3 is 2.93 bits per heavy atom. The Morgan fingerprint density at radius 1 is 1.64 bits per heavy atom. The molecule has 1 aromatic rings. The summed E-state index contributed by atoms with van der Waals surface area (Å²) in [5, 5.41) is 2.62. The minimum absolute atomic E-state index is 0.122. The number of carbonyl (C=O) groups is 1. The van der Waals surface area contributed by atoms with Crippen molar-refractivity contribution in [3.05, 3.63) is 16.5 Å². The van der Waals surface area contributed by atoms with Gasteiger partial charge in [0.25, 0.3) is 0 Å². The standard InChI is InChI=1S/C9H10BrN3O/c1-5(14)12-7-4-11-9(10)8(13-7)6-2-3-6/h4,6H,2-3H2,1H3,(H,12,13,14). The molecule has 1 fully saturated rings. The number of nitrogens with zero attached hydrogens (tertiary/aromatic N) is 2. The van der Waals surface area contributed by atoms with Gasteiger partial charge in [-0.15, -0.1) is 0 Å². The lowest BCUT2D eigenvalue weighted by molar-refractivity contribution is -0.114.